The maximum absolute atomic E-state index is 12.7. The fourth-order valence-corrected chi connectivity index (χ4v) is 1.76. The zero-order valence-electron chi connectivity index (χ0n) is 7.54. The van der Waals surface area contributed by atoms with Crippen molar-refractivity contribution in [1.82, 2.24) is 10.2 Å². The molecule has 2 heterocycles. The first-order chi connectivity index (χ1) is 5.36. The zero-order valence-corrected chi connectivity index (χ0v) is 9.17. The number of rotatable bonds is 1. The summed E-state index contributed by atoms with van der Waals surface area (Å²) < 4.78 is 12.7. The van der Waals surface area contributed by atoms with Gasteiger partial charge in [-0.2, -0.15) is 0 Å². The van der Waals surface area contributed by atoms with Crippen LogP contribution < -0.4 is 5.32 Å². The normalized spacial score (nSPS) is 25.6. The molecule has 0 atom stereocenters. The van der Waals surface area contributed by atoms with Crippen molar-refractivity contribution < 1.29 is 4.39 Å². The van der Waals surface area contributed by atoms with Crippen molar-refractivity contribution in [3.05, 3.63) is 0 Å². The number of hydrogen-bond acceptors (Lipinski definition) is 2. The average molecular weight is 231 g/mol. The molecule has 0 aromatic rings. The third-order valence-electron chi connectivity index (χ3n) is 2.74. The average Bonchev–Trinajstić information content (AvgIpc) is 1.90. The Hall–Kier alpha value is 0.430. The van der Waals surface area contributed by atoms with Crippen molar-refractivity contribution in [1.29, 1.82) is 0 Å². The molecule has 0 bridgehead atoms. The van der Waals surface area contributed by atoms with E-state index in [0.29, 0.717) is 6.04 Å². The SMILES string of the molecule is Cl.Cl.FC1CCN(C2CNC2)CC1. The zero-order chi connectivity index (χ0) is 7.68. The number of nitrogens with zero attached hydrogens (tertiary/aromatic N) is 1. The maximum Gasteiger partial charge on any atom is 0.103 e. The van der Waals surface area contributed by atoms with Crippen molar-refractivity contribution in [2.24, 2.45) is 0 Å². The monoisotopic (exact) mass is 230 g/mol. The van der Waals surface area contributed by atoms with Gasteiger partial charge < -0.3 is 5.32 Å². The second kappa shape index (κ2) is 6.02. The molecule has 2 saturated heterocycles. The highest BCUT2D eigenvalue weighted by Gasteiger charge is 2.28. The minimum Gasteiger partial charge on any atom is -0.314 e. The van der Waals surface area contributed by atoms with Crippen LogP contribution >= 0.6 is 24.8 Å². The molecule has 5 heteroatoms. The largest absolute Gasteiger partial charge is 0.314 e. The molecule has 0 aromatic carbocycles. The maximum atomic E-state index is 12.7. The highest BCUT2D eigenvalue weighted by atomic mass is 35.5. The van der Waals surface area contributed by atoms with Crippen molar-refractivity contribution in [3.63, 3.8) is 0 Å². The predicted octanol–water partition coefficient (Wildman–Crippen LogP) is 1.24. The standard InChI is InChI=1S/C8H15FN2.2ClH/c9-7-1-3-11(4-2-7)8-5-10-6-8;;/h7-8,10H,1-6H2;2*1H. The van der Waals surface area contributed by atoms with Crippen molar-refractivity contribution in [2.45, 2.75) is 25.1 Å². The first kappa shape index (κ1) is 13.4. The summed E-state index contributed by atoms with van der Waals surface area (Å²) in [5, 5.41) is 3.23. The lowest BCUT2D eigenvalue weighted by Crippen LogP contribution is -2.58. The van der Waals surface area contributed by atoms with Gasteiger partial charge in [-0.1, -0.05) is 0 Å². The lowest BCUT2D eigenvalue weighted by atomic mass is 10.0. The van der Waals surface area contributed by atoms with E-state index in [1.54, 1.807) is 0 Å². The summed E-state index contributed by atoms with van der Waals surface area (Å²) in [6, 6.07) is 0.711. The van der Waals surface area contributed by atoms with Gasteiger partial charge in [0.15, 0.2) is 0 Å². The molecular formula is C8H17Cl2FN2. The molecule has 1 N–H and O–H groups in total. The Morgan fingerprint density at radius 3 is 2.00 bits per heavy atom. The topological polar surface area (TPSA) is 15.3 Å². The smallest absolute Gasteiger partial charge is 0.103 e. The molecule has 13 heavy (non-hydrogen) atoms. The van der Waals surface area contributed by atoms with E-state index < -0.39 is 6.17 Å². The first-order valence-electron chi connectivity index (χ1n) is 4.45. The van der Waals surface area contributed by atoms with Crippen LogP contribution in [-0.2, 0) is 0 Å². The Bertz CT molecular complexity index is 136. The molecule has 0 aromatic heterocycles. The van der Waals surface area contributed by atoms with Crippen molar-refractivity contribution in [2.75, 3.05) is 26.2 Å². The Balaban J connectivity index is 0.000000720. The Labute approximate surface area is 91.1 Å². The summed E-state index contributed by atoms with van der Waals surface area (Å²) in [7, 11) is 0. The summed E-state index contributed by atoms with van der Waals surface area (Å²) in [5.41, 5.74) is 0. The lowest BCUT2D eigenvalue weighted by Gasteiger charge is -2.40. The molecule has 0 amide bonds. The van der Waals surface area contributed by atoms with Crippen LogP contribution in [-0.4, -0.2) is 43.3 Å². The Kier molecular flexibility index (Phi) is 6.21. The molecule has 2 fully saturated rings. The summed E-state index contributed by atoms with van der Waals surface area (Å²) >= 11 is 0. The van der Waals surface area contributed by atoms with E-state index in [2.05, 4.69) is 10.2 Å². The second-order valence-corrected chi connectivity index (χ2v) is 3.52. The van der Waals surface area contributed by atoms with Crippen LogP contribution in [0.2, 0.25) is 0 Å². The Morgan fingerprint density at radius 1 is 1.08 bits per heavy atom. The minimum atomic E-state index is -0.528. The molecule has 0 radical (unpaired) electrons. The van der Waals surface area contributed by atoms with Crippen LogP contribution in [0.25, 0.3) is 0 Å². The molecule has 2 rings (SSSR count). The Morgan fingerprint density at radius 2 is 1.62 bits per heavy atom. The van der Waals surface area contributed by atoms with Gasteiger partial charge in [-0.05, 0) is 12.8 Å². The summed E-state index contributed by atoms with van der Waals surface area (Å²) in [5.74, 6) is 0. The van der Waals surface area contributed by atoms with Crippen molar-refractivity contribution >= 4 is 24.8 Å². The van der Waals surface area contributed by atoms with Crippen LogP contribution in [0.1, 0.15) is 12.8 Å². The summed E-state index contributed by atoms with van der Waals surface area (Å²) in [6.45, 7) is 4.15. The number of halogens is 3. The quantitative estimate of drug-likeness (QED) is 0.730. The van der Waals surface area contributed by atoms with Gasteiger partial charge in [0.05, 0.1) is 0 Å². The van der Waals surface area contributed by atoms with E-state index in [1.807, 2.05) is 0 Å². The van der Waals surface area contributed by atoms with E-state index in [9.17, 15) is 4.39 Å². The van der Waals surface area contributed by atoms with E-state index in [4.69, 9.17) is 0 Å². The van der Waals surface area contributed by atoms with Gasteiger partial charge in [-0.3, -0.25) is 4.90 Å². The van der Waals surface area contributed by atoms with Gasteiger partial charge in [-0.25, -0.2) is 4.39 Å². The molecule has 0 spiro atoms. The highest BCUT2D eigenvalue weighted by Crippen LogP contribution is 2.16. The fraction of sp³-hybridized carbons (Fsp3) is 1.00. The molecule has 2 aliphatic rings. The van der Waals surface area contributed by atoms with Crippen LogP contribution in [0.5, 0.6) is 0 Å². The van der Waals surface area contributed by atoms with Crippen LogP contribution in [0, 0.1) is 0 Å². The predicted molar refractivity (Wildman–Crippen MR) is 56.9 cm³/mol. The highest BCUT2D eigenvalue weighted by molar-refractivity contribution is 5.85. The summed E-state index contributed by atoms with van der Waals surface area (Å²) in [6.07, 6.45) is 0.965. The van der Waals surface area contributed by atoms with Gasteiger partial charge in [-0.15, -0.1) is 24.8 Å². The van der Waals surface area contributed by atoms with Gasteiger partial charge in [0, 0.05) is 32.2 Å². The first-order valence-corrected chi connectivity index (χ1v) is 4.45. The third-order valence-corrected chi connectivity index (χ3v) is 2.74. The van der Waals surface area contributed by atoms with Gasteiger partial charge in [0.1, 0.15) is 6.17 Å². The fourth-order valence-electron chi connectivity index (χ4n) is 1.76. The molecular weight excluding hydrogens is 214 g/mol. The summed E-state index contributed by atoms with van der Waals surface area (Å²) in [4.78, 5) is 2.41. The second-order valence-electron chi connectivity index (χ2n) is 3.52. The van der Waals surface area contributed by atoms with Crippen LogP contribution in [0.4, 0.5) is 4.39 Å². The number of piperidine rings is 1. The van der Waals surface area contributed by atoms with E-state index >= 15 is 0 Å². The van der Waals surface area contributed by atoms with Crippen LogP contribution in [0.15, 0.2) is 0 Å². The van der Waals surface area contributed by atoms with E-state index in [-0.39, 0.29) is 24.8 Å². The number of hydrogen-bond donors (Lipinski definition) is 1. The van der Waals surface area contributed by atoms with Crippen molar-refractivity contribution in [3.8, 4) is 0 Å². The molecule has 2 nitrogen and oxygen atoms in total. The van der Waals surface area contributed by atoms with Gasteiger partial charge >= 0.3 is 0 Å². The lowest BCUT2D eigenvalue weighted by molar-refractivity contribution is 0.0847. The third kappa shape index (κ3) is 3.24. The molecule has 0 saturated carbocycles. The number of alkyl halides is 1. The number of nitrogens with one attached hydrogen (secondary N) is 1. The van der Waals surface area contributed by atoms with Crippen LogP contribution in [0.3, 0.4) is 0 Å². The minimum absolute atomic E-state index is 0. The molecule has 0 aliphatic carbocycles. The molecule has 0 unspecified atom stereocenters. The van der Waals surface area contributed by atoms with Gasteiger partial charge in [0.2, 0.25) is 0 Å². The van der Waals surface area contributed by atoms with E-state index in [1.165, 1.54) is 0 Å². The molecule has 2 aliphatic heterocycles. The molecule has 80 valence electrons. The van der Waals surface area contributed by atoms with Gasteiger partial charge in [0.25, 0.3) is 0 Å². The number of likely N-dealkylation sites (tertiary alicyclic amines) is 1. The van der Waals surface area contributed by atoms with E-state index in [0.717, 1.165) is 39.0 Å².